The highest BCUT2D eigenvalue weighted by Crippen LogP contribution is 2.23. The summed E-state index contributed by atoms with van der Waals surface area (Å²) in [6, 6.07) is 16.7. The van der Waals surface area contributed by atoms with Gasteiger partial charge in [-0.1, -0.05) is 71.0 Å². The maximum absolute atomic E-state index is 4.56. The van der Waals surface area contributed by atoms with Crippen molar-refractivity contribution in [1.82, 2.24) is 15.2 Å². The Kier molecular flexibility index (Phi) is 4.95. The lowest BCUT2D eigenvalue weighted by atomic mass is 10.1. The molecule has 0 amide bonds. The number of thioether (sulfide) groups is 1. The first-order chi connectivity index (χ1) is 10.7. The molecule has 0 aliphatic carbocycles. The van der Waals surface area contributed by atoms with Crippen LogP contribution < -0.4 is 0 Å². The molecule has 3 aromatic rings. The molecule has 1 aromatic heterocycles. The first kappa shape index (κ1) is 15.3. The smallest absolute Gasteiger partial charge is 0.209 e. The Hall–Kier alpha value is -1.59. The summed E-state index contributed by atoms with van der Waals surface area (Å²) >= 11 is 5.08. The van der Waals surface area contributed by atoms with E-state index in [9.17, 15) is 0 Å². The van der Waals surface area contributed by atoms with Crippen LogP contribution in [0.3, 0.4) is 0 Å². The van der Waals surface area contributed by atoms with Gasteiger partial charge in [0, 0.05) is 15.8 Å². The molecule has 3 rings (SSSR count). The van der Waals surface area contributed by atoms with Crippen molar-refractivity contribution in [3.63, 3.8) is 0 Å². The molecule has 0 fully saturated rings. The van der Waals surface area contributed by atoms with E-state index >= 15 is 0 Å². The van der Waals surface area contributed by atoms with E-state index in [1.165, 1.54) is 11.1 Å². The summed E-state index contributed by atoms with van der Waals surface area (Å²) in [5.41, 5.74) is 3.65. The summed E-state index contributed by atoms with van der Waals surface area (Å²) in [7, 11) is 0. The van der Waals surface area contributed by atoms with Gasteiger partial charge in [-0.3, -0.25) is 5.10 Å². The number of nitrogens with zero attached hydrogens (tertiary/aromatic N) is 2. The van der Waals surface area contributed by atoms with Crippen molar-refractivity contribution in [2.75, 3.05) is 0 Å². The molecule has 0 bridgehead atoms. The number of H-pyrrole nitrogens is 1. The summed E-state index contributed by atoms with van der Waals surface area (Å²) in [5, 5.41) is 8.08. The predicted molar refractivity (Wildman–Crippen MR) is 94.9 cm³/mol. The number of hydrogen-bond acceptors (Lipinski definition) is 3. The Labute approximate surface area is 142 Å². The number of aromatic amines is 1. The summed E-state index contributed by atoms with van der Waals surface area (Å²) < 4.78 is 1.09. The highest BCUT2D eigenvalue weighted by Gasteiger charge is 2.06. The van der Waals surface area contributed by atoms with Crippen LogP contribution >= 0.6 is 27.7 Å². The number of aryl methyl sites for hydroxylation is 1. The third-order valence-electron chi connectivity index (χ3n) is 3.38. The summed E-state index contributed by atoms with van der Waals surface area (Å²) in [5.74, 6) is 1.68. The molecule has 22 heavy (non-hydrogen) atoms. The van der Waals surface area contributed by atoms with Crippen LogP contribution in [0.25, 0.3) is 11.4 Å². The molecule has 0 unspecified atom stereocenters. The zero-order valence-corrected chi connectivity index (χ0v) is 14.6. The second-order valence-electron chi connectivity index (χ2n) is 4.93. The van der Waals surface area contributed by atoms with Gasteiger partial charge in [-0.2, -0.15) is 0 Å². The van der Waals surface area contributed by atoms with Gasteiger partial charge >= 0.3 is 0 Å². The van der Waals surface area contributed by atoms with Crippen LogP contribution in [0.2, 0.25) is 0 Å². The quantitative estimate of drug-likeness (QED) is 0.633. The Morgan fingerprint density at radius 3 is 2.36 bits per heavy atom. The van der Waals surface area contributed by atoms with Crippen LogP contribution in [0.5, 0.6) is 0 Å². The average molecular weight is 374 g/mol. The lowest BCUT2D eigenvalue weighted by molar-refractivity contribution is 0.973. The highest BCUT2D eigenvalue weighted by atomic mass is 79.9. The summed E-state index contributed by atoms with van der Waals surface area (Å²) in [6.07, 6.45) is 1.05. The van der Waals surface area contributed by atoms with Crippen LogP contribution in [-0.4, -0.2) is 15.2 Å². The second kappa shape index (κ2) is 7.11. The minimum absolute atomic E-state index is 0.775. The largest absolute Gasteiger partial charge is 0.258 e. The normalized spacial score (nSPS) is 10.8. The molecule has 1 N–H and O–H groups in total. The van der Waals surface area contributed by atoms with Crippen molar-refractivity contribution < 1.29 is 0 Å². The second-order valence-corrected chi connectivity index (χ2v) is 6.79. The van der Waals surface area contributed by atoms with Gasteiger partial charge in [0.15, 0.2) is 5.82 Å². The maximum atomic E-state index is 4.56. The number of rotatable bonds is 5. The van der Waals surface area contributed by atoms with Crippen molar-refractivity contribution in [1.29, 1.82) is 0 Å². The average Bonchev–Trinajstić information content (AvgIpc) is 3.03. The molecule has 0 aliphatic heterocycles. The first-order valence-corrected chi connectivity index (χ1v) is 8.91. The van der Waals surface area contributed by atoms with E-state index in [-0.39, 0.29) is 0 Å². The molecule has 0 radical (unpaired) electrons. The minimum atomic E-state index is 0.775. The van der Waals surface area contributed by atoms with Crippen LogP contribution in [0.15, 0.2) is 58.2 Å². The van der Waals surface area contributed by atoms with Crippen LogP contribution in [0.1, 0.15) is 18.1 Å². The SMILES string of the molecule is CCc1ccc(-c2nc(SCc3ccc(Br)cc3)n[nH]2)cc1. The Balaban J connectivity index is 1.66. The standard InChI is InChI=1S/C17H16BrN3S/c1-2-12-3-7-14(8-4-12)16-19-17(21-20-16)22-11-13-5-9-15(18)10-6-13/h3-10H,2,11H2,1H3,(H,19,20,21). The van der Waals surface area contributed by atoms with E-state index in [0.717, 1.165) is 33.2 Å². The zero-order valence-electron chi connectivity index (χ0n) is 12.2. The maximum Gasteiger partial charge on any atom is 0.209 e. The van der Waals surface area contributed by atoms with E-state index in [0.29, 0.717) is 0 Å². The van der Waals surface area contributed by atoms with Crippen molar-refractivity contribution in [2.45, 2.75) is 24.3 Å². The predicted octanol–water partition coefficient (Wildman–Crippen LogP) is 5.09. The molecular formula is C17H16BrN3S. The fourth-order valence-corrected chi connectivity index (χ4v) is 3.09. The lowest BCUT2D eigenvalue weighted by Crippen LogP contribution is -1.83. The van der Waals surface area contributed by atoms with Crippen molar-refractivity contribution in [2.24, 2.45) is 0 Å². The van der Waals surface area contributed by atoms with E-state index in [2.05, 4.69) is 86.6 Å². The van der Waals surface area contributed by atoms with Crippen LogP contribution in [0.4, 0.5) is 0 Å². The Bertz CT molecular complexity index is 735. The van der Waals surface area contributed by atoms with Gasteiger partial charge in [-0.15, -0.1) is 5.10 Å². The molecule has 0 saturated carbocycles. The first-order valence-electron chi connectivity index (χ1n) is 7.13. The van der Waals surface area contributed by atoms with E-state index in [4.69, 9.17) is 0 Å². The number of benzene rings is 2. The molecule has 0 saturated heterocycles. The van der Waals surface area contributed by atoms with Gasteiger partial charge in [-0.05, 0) is 29.7 Å². The van der Waals surface area contributed by atoms with E-state index < -0.39 is 0 Å². The van der Waals surface area contributed by atoms with Gasteiger partial charge in [0.05, 0.1) is 0 Å². The molecule has 0 aliphatic rings. The van der Waals surface area contributed by atoms with E-state index in [1.54, 1.807) is 11.8 Å². The van der Waals surface area contributed by atoms with Gasteiger partial charge in [0.1, 0.15) is 0 Å². The van der Waals surface area contributed by atoms with Crippen molar-refractivity contribution in [3.8, 4) is 11.4 Å². The number of halogens is 1. The number of aromatic nitrogens is 3. The summed E-state index contributed by atoms with van der Waals surface area (Å²) in [4.78, 5) is 4.56. The fraction of sp³-hybridized carbons (Fsp3) is 0.176. The Morgan fingerprint density at radius 1 is 1.00 bits per heavy atom. The minimum Gasteiger partial charge on any atom is -0.258 e. The van der Waals surface area contributed by atoms with Crippen LogP contribution in [-0.2, 0) is 12.2 Å². The molecule has 0 atom stereocenters. The van der Waals surface area contributed by atoms with Crippen molar-refractivity contribution >= 4 is 27.7 Å². The highest BCUT2D eigenvalue weighted by molar-refractivity contribution is 9.10. The fourth-order valence-electron chi connectivity index (χ4n) is 2.07. The number of hydrogen-bond donors (Lipinski definition) is 1. The molecule has 0 spiro atoms. The molecule has 3 nitrogen and oxygen atoms in total. The lowest BCUT2D eigenvalue weighted by Gasteiger charge is -1.99. The van der Waals surface area contributed by atoms with Gasteiger partial charge in [0.25, 0.3) is 0 Å². The molecule has 1 heterocycles. The Morgan fingerprint density at radius 2 is 1.68 bits per heavy atom. The molecular weight excluding hydrogens is 358 g/mol. The third kappa shape index (κ3) is 3.78. The van der Waals surface area contributed by atoms with E-state index in [1.807, 2.05) is 0 Å². The molecule has 112 valence electrons. The third-order valence-corrected chi connectivity index (χ3v) is 4.83. The molecule has 5 heteroatoms. The van der Waals surface area contributed by atoms with Gasteiger partial charge in [0.2, 0.25) is 5.16 Å². The zero-order chi connectivity index (χ0) is 15.4. The van der Waals surface area contributed by atoms with Crippen LogP contribution in [0, 0.1) is 0 Å². The van der Waals surface area contributed by atoms with Crippen molar-refractivity contribution in [3.05, 3.63) is 64.1 Å². The summed E-state index contributed by atoms with van der Waals surface area (Å²) in [6.45, 7) is 2.15. The van der Waals surface area contributed by atoms with Gasteiger partial charge < -0.3 is 0 Å². The monoisotopic (exact) mass is 373 g/mol. The molecule has 2 aromatic carbocycles. The topological polar surface area (TPSA) is 41.6 Å². The number of nitrogens with one attached hydrogen (secondary N) is 1. The van der Waals surface area contributed by atoms with Gasteiger partial charge in [-0.25, -0.2) is 4.98 Å².